The number of benzene rings is 2. The van der Waals surface area contributed by atoms with E-state index in [1.807, 2.05) is 6.92 Å². The maximum absolute atomic E-state index is 11.6. The van der Waals surface area contributed by atoms with E-state index in [2.05, 4.69) is 12.1 Å². The van der Waals surface area contributed by atoms with Crippen molar-refractivity contribution in [2.45, 2.75) is 52.4 Å². The molecule has 1 unspecified atom stereocenters. The predicted octanol–water partition coefficient (Wildman–Crippen LogP) is 4.12. The largest absolute Gasteiger partial charge is 0.478 e. The summed E-state index contributed by atoms with van der Waals surface area (Å²) in [5.41, 5.74) is 14.8. The Balaban J connectivity index is 2.74. The maximum atomic E-state index is 11.6. The van der Waals surface area contributed by atoms with E-state index < -0.39 is 11.9 Å². The lowest BCUT2D eigenvalue weighted by Gasteiger charge is -2.24. The van der Waals surface area contributed by atoms with Crippen molar-refractivity contribution in [3.05, 3.63) is 56.6 Å². The lowest BCUT2D eigenvalue weighted by atomic mass is 9.79. The van der Waals surface area contributed by atoms with Crippen LogP contribution in [0.5, 0.6) is 0 Å². The van der Waals surface area contributed by atoms with Crippen LogP contribution in [0, 0.1) is 36.5 Å². The predicted molar refractivity (Wildman–Crippen MR) is 121 cm³/mol. The van der Waals surface area contributed by atoms with E-state index in [1.54, 1.807) is 13.8 Å². The first-order valence-electron chi connectivity index (χ1n) is 10.2. The molecule has 0 aliphatic carbocycles. The minimum absolute atomic E-state index is 0.0960. The van der Waals surface area contributed by atoms with Gasteiger partial charge in [0.2, 0.25) is 0 Å². The van der Waals surface area contributed by atoms with E-state index in [4.69, 9.17) is 11.5 Å². The smallest absolute Gasteiger partial charge is 0.337 e. The molecule has 1 atom stereocenters. The minimum Gasteiger partial charge on any atom is -0.478 e. The summed E-state index contributed by atoms with van der Waals surface area (Å²) in [6.45, 7) is 5.40. The van der Waals surface area contributed by atoms with Crippen molar-refractivity contribution in [3.63, 3.8) is 0 Å². The zero-order chi connectivity index (χ0) is 24.2. The third kappa shape index (κ3) is 4.50. The molecule has 0 saturated heterocycles. The van der Waals surface area contributed by atoms with Gasteiger partial charge in [0.25, 0.3) is 0 Å². The zero-order valence-corrected chi connectivity index (χ0v) is 18.3. The van der Waals surface area contributed by atoms with Gasteiger partial charge in [-0.05, 0) is 67.0 Å². The third-order valence-corrected chi connectivity index (χ3v) is 5.90. The van der Waals surface area contributed by atoms with Gasteiger partial charge in [-0.3, -0.25) is 0 Å². The van der Waals surface area contributed by atoms with E-state index >= 15 is 0 Å². The average molecular weight is 434 g/mol. The van der Waals surface area contributed by atoms with Crippen LogP contribution < -0.4 is 11.5 Å². The molecule has 32 heavy (non-hydrogen) atoms. The number of nitrogen functional groups attached to an aromatic ring is 2. The Bertz CT molecular complexity index is 1170. The highest BCUT2D eigenvalue weighted by Crippen LogP contribution is 2.38. The molecule has 2 aromatic rings. The van der Waals surface area contributed by atoms with Crippen molar-refractivity contribution in [2.24, 2.45) is 0 Å². The Hall–Kier alpha value is -4.04. The molecule has 166 valence electrons. The van der Waals surface area contributed by atoms with Gasteiger partial charge in [-0.2, -0.15) is 10.5 Å². The second-order valence-electron chi connectivity index (χ2n) is 7.79. The van der Waals surface area contributed by atoms with E-state index in [0.717, 1.165) is 12.8 Å². The fraction of sp³-hybridized carbons (Fsp3) is 0.333. The average Bonchev–Trinajstić information content (AvgIpc) is 2.75. The number of nitrogens with two attached hydrogens (primary N) is 2. The Kier molecular flexibility index (Phi) is 7.45. The monoisotopic (exact) mass is 434 g/mol. The number of anilines is 2. The molecule has 0 bridgehead atoms. The molecule has 2 aromatic carbocycles. The summed E-state index contributed by atoms with van der Waals surface area (Å²) < 4.78 is 0. The van der Waals surface area contributed by atoms with Crippen molar-refractivity contribution in [1.82, 2.24) is 0 Å². The third-order valence-electron chi connectivity index (χ3n) is 5.90. The summed E-state index contributed by atoms with van der Waals surface area (Å²) in [6.07, 6.45) is 2.73. The summed E-state index contributed by atoms with van der Waals surface area (Å²) in [5.74, 6) is -2.66. The fourth-order valence-electron chi connectivity index (χ4n) is 4.11. The Labute approximate surface area is 186 Å². The van der Waals surface area contributed by atoms with Crippen LogP contribution in [-0.4, -0.2) is 22.2 Å². The molecule has 0 aromatic heterocycles. The standard InChI is InChI=1S/C24H26N4O4/c1-4-5-6-14(20-13(3)22(28)19(24(31)32)9-16(20)11-26)7-17-12(2)21(27)18(23(29)30)8-15(17)10-25/h8-9,14H,4-7,27-28H2,1-3H3,(H,29,30)(H,31,32). The maximum Gasteiger partial charge on any atom is 0.337 e. The van der Waals surface area contributed by atoms with Gasteiger partial charge in [0.1, 0.15) is 0 Å². The van der Waals surface area contributed by atoms with Gasteiger partial charge in [0.05, 0.1) is 34.4 Å². The van der Waals surface area contributed by atoms with Crippen LogP contribution in [0.4, 0.5) is 11.4 Å². The zero-order valence-electron chi connectivity index (χ0n) is 18.3. The number of hydrogen-bond donors (Lipinski definition) is 4. The lowest BCUT2D eigenvalue weighted by Crippen LogP contribution is -2.15. The van der Waals surface area contributed by atoms with Crippen LogP contribution in [0.2, 0.25) is 0 Å². The normalized spacial score (nSPS) is 11.4. The number of carbonyl (C=O) groups is 2. The van der Waals surface area contributed by atoms with E-state index in [-0.39, 0.29) is 39.5 Å². The van der Waals surface area contributed by atoms with Gasteiger partial charge in [-0.1, -0.05) is 19.8 Å². The summed E-state index contributed by atoms with van der Waals surface area (Å²) in [7, 11) is 0. The molecular formula is C24H26N4O4. The Morgan fingerprint density at radius 3 is 1.94 bits per heavy atom. The second kappa shape index (κ2) is 9.84. The SMILES string of the molecule is CCCCC(Cc1c(C#N)cc(C(=O)O)c(N)c1C)c1c(C#N)cc(C(=O)O)c(N)c1C. The molecule has 0 amide bonds. The number of carboxylic acids is 2. The Morgan fingerprint density at radius 1 is 0.969 bits per heavy atom. The molecule has 0 radical (unpaired) electrons. The van der Waals surface area contributed by atoms with Crippen LogP contribution in [-0.2, 0) is 6.42 Å². The number of nitrogens with zero attached hydrogens (tertiary/aromatic N) is 2. The quantitative estimate of drug-likeness (QED) is 0.448. The highest BCUT2D eigenvalue weighted by molar-refractivity contribution is 5.96. The lowest BCUT2D eigenvalue weighted by molar-refractivity contribution is 0.0687. The van der Waals surface area contributed by atoms with E-state index in [0.29, 0.717) is 35.1 Å². The second-order valence-corrected chi connectivity index (χ2v) is 7.79. The molecule has 0 aliphatic rings. The van der Waals surface area contributed by atoms with Crippen LogP contribution in [0.1, 0.15) is 86.2 Å². The number of carboxylic acid groups (broad SMARTS) is 2. The highest BCUT2D eigenvalue weighted by Gasteiger charge is 2.26. The van der Waals surface area contributed by atoms with Gasteiger partial charge in [0, 0.05) is 11.4 Å². The van der Waals surface area contributed by atoms with E-state index in [1.165, 1.54) is 12.1 Å². The molecule has 0 aliphatic heterocycles. The number of unbranched alkanes of at least 4 members (excludes halogenated alkanes) is 1. The first kappa shape index (κ1) is 24.2. The molecule has 0 heterocycles. The van der Waals surface area contributed by atoms with Crippen molar-refractivity contribution in [2.75, 3.05) is 11.5 Å². The summed E-state index contributed by atoms with van der Waals surface area (Å²) in [4.78, 5) is 23.1. The number of rotatable bonds is 8. The molecular weight excluding hydrogens is 408 g/mol. The van der Waals surface area contributed by atoms with Gasteiger partial charge >= 0.3 is 11.9 Å². The molecule has 8 nitrogen and oxygen atoms in total. The molecule has 0 saturated carbocycles. The molecule has 6 N–H and O–H groups in total. The molecule has 0 spiro atoms. The Morgan fingerprint density at radius 2 is 1.47 bits per heavy atom. The van der Waals surface area contributed by atoms with Crippen LogP contribution in [0.15, 0.2) is 12.1 Å². The first-order chi connectivity index (χ1) is 15.1. The fourth-order valence-corrected chi connectivity index (χ4v) is 4.11. The van der Waals surface area contributed by atoms with Crippen molar-refractivity contribution < 1.29 is 19.8 Å². The van der Waals surface area contributed by atoms with Gasteiger partial charge in [-0.15, -0.1) is 0 Å². The summed E-state index contributed by atoms with van der Waals surface area (Å²) >= 11 is 0. The highest BCUT2D eigenvalue weighted by atomic mass is 16.4. The topological polar surface area (TPSA) is 174 Å². The van der Waals surface area contributed by atoms with Crippen molar-refractivity contribution in [3.8, 4) is 12.1 Å². The van der Waals surface area contributed by atoms with E-state index in [9.17, 15) is 30.3 Å². The molecule has 8 heteroatoms. The number of hydrogen-bond acceptors (Lipinski definition) is 6. The molecule has 0 fully saturated rings. The summed E-state index contributed by atoms with van der Waals surface area (Å²) in [5, 5.41) is 38.3. The van der Waals surface area contributed by atoms with Gasteiger partial charge < -0.3 is 21.7 Å². The van der Waals surface area contributed by atoms with Crippen molar-refractivity contribution in [1.29, 1.82) is 10.5 Å². The van der Waals surface area contributed by atoms with Crippen LogP contribution in [0.3, 0.4) is 0 Å². The minimum atomic E-state index is -1.21. The number of nitriles is 2. The molecule has 2 rings (SSSR count). The van der Waals surface area contributed by atoms with Crippen LogP contribution in [0.25, 0.3) is 0 Å². The van der Waals surface area contributed by atoms with Crippen molar-refractivity contribution >= 4 is 23.3 Å². The van der Waals surface area contributed by atoms with Gasteiger partial charge in [-0.25, -0.2) is 9.59 Å². The van der Waals surface area contributed by atoms with Crippen LogP contribution >= 0.6 is 0 Å². The first-order valence-corrected chi connectivity index (χ1v) is 10.2. The van der Waals surface area contributed by atoms with Gasteiger partial charge in [0.15, 0.2) is 0 Å². The number of aromatic carboxylic acids is 2. The summed E-state index contributed by atoms with van der Waals surface area (Å²) in [6, 6.07) is 6.72.